The Morgan fingerprint density at radius 3 is 1.61 bits per heavy atom. The average Bonchev–Trinajstić information content (AvgIpc) is 2.97. The lowest BCUT2D eigenvalue weighted by Gasteiger charge is -2.32. The van der Waals surface area contributed by atoms with Crippen LogP contribution in [0, 0.1) is 25.7 Å². The first-order chi connectivity index (χ1) is 19.7. The van der Waals surface area contributed by atoms with E-state index in [-0.39, 0.29) is 7.05 Å². The van der Waals surface area contributed by atoms with E-state index in [1.54, 1.807) is 6.82 Å². The van der Waals surface area contributed by atoms with Crippen molar-refractivity contribution in [2.24, 2.45) is 11.8 Å². The van der Waals surface area contributed by atoms with Gasteiger partial charge in [-0.15, -0.1) is 0 Å². The molecule has 3 aliphatic rings. The second-order valence-corrected chi connectivity index (χ2v) is 12.0. The van der Waals surface area contributed by atoms with Crippen LogP contribution in [0.4, 0.5) is 0 Å². The molecule has 3 saturated heterocycles. The minimum Gasteiger partial charge on any atom is -0.437 e. The molecule has 3 N–H and O–H groups in total. The first kappa shape index (κ1) is 33.4. The molecule has 10 heteroatoms. The molecule has 0 unspecified atom stereocenters. The van der Waals surface area contributed by atoms with Crippen LogP contribution in [0.2, 0.25) is 13.6 Å². The highest BCUT2D eigenvalue weighted by Gasteiger charge is 2.24. The molecule has 0 radical (unpaired) electrons. The van der Waals surface area contributed by atoms with Gasteiger partial charge in [0, 0.05) is 36.6 Å². The first-order valence-corrected chi connectivity index (χ1v) is 15.6. The second kappa shape index (κ2) is 17.8. The molecule has 3 fully saturated rings. The number of nitrogens with zero attached hydrogens (tertiary/aromatic N) is 4. The number of carbonyl (C=O) groups is 1. The highest BCUT2D eigenvalue weighted by atomic mass is 16.2. The number of rotatable bonds is 6. The number of ketones is 1. The van der Waals surface area contributed by atoms with Crippen LogP contribution >= 0.6 is 0 Å². The lowest BCUT2D eigenvalue weighted by atomic mass is 9.80. The predicted molar refractivity (Wildman–Crippen MR) is 169 cm³/mol. The van der Waals surface area contributed by atoms with Gasteiger partial charge in [0.1, 0.15) is 5.78 Å². The van der Waals surface area contributed by atoms with Gasteiger partial charge in [-0.3, -0.25) is 14.8 Å². The van der Waals surface area contributed by atoms with E-state index < -0.39 is 7.05 Å². The summed E-state index contributed by atoms with van der Waals surface area (Å²) < 4.78 is 0. The molecule has 0 spiro atoms. The number of hydrogen-bond donors (Lipinski definition) is 3. The normalized spacial score (nSPS) is 19.0. The molecule has 0 atom stereocenters. The Morgan fingerprint density at radius 2 is 1.20 bits per heavy atom. The molecular weight excluding hydrogens is 512 g/mol. The maximum atomic E-state index is 10.7. The van der Waals surface area contributed by atoms with E-state index in [9.17, 15) is 9.82 Å². The van der Waals surface area contributed by atoms with Gasteiger partial charge in [-0.1, -0.05) is 12.1 Å². The third-order valence-corrected chi connectivity index (χ3v) is 8.51. The number of carbonyl (C=O) groups excluding carboxylic acids is 1. The summed E-state index contributed by atoms with van der Waals surface area (Å²) in [4.78, 5) is 23.4. The number of hydrogen-bond acceptors (Lipinski definition) is 8. The Kier molecular flexibility index (Phi) is 14.5. The van der Waals surface area contributed by atoms with Gasteiger partial charge < -0.3 is 25.0 Å². The molecule has 0 aliphatic carbocycles. The highest BCUT2D eigenvalue weighted by Crippen LogP contribution is 2.22. The zero-order chi connectivity index (χ0) is 29.6. The van der Waals surface area contributed by atoms with Crippen LogP contribution in [0.25, 0.3) is 0 Å². The molecule has 224 valence electrons. The summed E-state index contributed by atoms with van der Waals surface area (Å²) in [5.74, 6) is 1.92. The quantitative estimate of drug-likeness (QED) is 0.460. The van der Waals surface area contributed by atoms with Crippen LogP contribution in [0.1, 0.15) is 61.0 Å². The lowest BCUT2D eigenvalue weighted by molar-refractivity contribution is -0.120. The van der Waals surface area contributed by atoms with Gasteiger partial charge >= 0.3 is 14.1 Å². The van der Waals surface area contributed by atoms with E-state index in [0.29, 0.717) is 18.6 Å². The van der Waals surface area contributed by atoms with E-state index in [1.807, 2.05) is 37.9 Å². The second-order valence-electron chi connectivity index (χ2n) is 12.0. The standard InChI is InChI=1S/C13H21BN2O.C12H18N2.C6H12BNO2/c1-11-3-4-13(10-15-11)9-12-5-7-16(8-6-12)14(2)17;1-10-2-3-12(9-14-10)8-11-4-6-13-7-5-11;1-7(10)8-4-2-6(9)3-5-8/h3-4,10,12,17H,5-9H2,1-2H3;2-3,9,11,13H,4-8H2,1H3;10H,2-5H2,1H3. The summed E-state index contributed by atoms with van der Waals surface area (Å²) in [5.41, 5.74) is 4.92. The number of piperidine rings is 3. The van der Waals surface area contributed by atoms with Crippen molar-refractivity contribution >= 4 is 19.9 Å². The van der Waals surface area contributed by atoms with Crippen LogP contribution in [0.15, 0.2) is 36.7 Å². The van der Waals surface area contributed by atoms with Crippen LogP contribution in [-0.2, 0) is 17.6 Å². The molecule has 5 rings (SSSR count). The van der Waals surface area contributed by atoms with Crippen molar-refractivity contribution in [1.82, 2.24) is 24.9 Å². The smallest absolute Gasteiger partial charge is 0.376 e. The topological polar surface area (TPSA) is 102 Å². The molecule has 0 bridgehead atoms. The number of nitrogens with one attached hydrogen (secondary N) is 1. The van der Waals surface area contributed by atoms with Crippen molar-refractivity contribution in [3.63, 3.8) is 0 Å². The molecular formula is C31H51B2N5O3. The van der Waals surface area contributed by atoms with Crippen LogP contribution in [-0.4, -0.2) is 88.8 Å². The maximum absolute atomic E-state index is 10.7. The third kappa shape index (κ3) is 12.7. The minimum absolute atomic E-state index is 0.294. The number of Topliss-reactive ketones (excluding diaryl/α,β-unsaturated/α-hetero) is 1. The lowest BCUT2D eigenvalue weighted by Crippen LogP contribution is -2.43. The summed E-state index contributed by atoms with van der Waals surface area (Å²) in [6.45, 7) is 13.5. The van der Waals surface area contributed by atoms with Gasteiger partial charge in [-0.2, -0.15) is 0 Å². The van der Waals surface area contributed by atoms with Gasteiger partial charge in [0.05, 0.1) is 0 Å². The molecule has 5 heterocycles. The molecule has 8 nitrogen and oxygen atoms in total. The van der Waals surface area contributed by atoms with Crippen LogP contribution < -0.4 is 5.32 Å². The monoisotopic (exact) mass is 563 g/mol. The molecule has 2 aromatic rings. The summed E-state index contributed by atoms with van der Waals surface area (Å²) >= 11 is 0. The fraction of sp³-hybridized carbons (Fsp3) is 0.645. The summed E-state index contributed by atoms with van der Waals surface area (Å²) in [6.07, 6.45) is 12.5. The van der Waals surface area contributed by atoms with Crippen molar-refractivity contribution in [2.45, 2.75) is 78.9 Å². The Hall–Kier alpha value is -2.10. The number of pyridine rings is 2. The first-order valence-electron chi connectivity index (χ1n) is 15.6. The van der Waals surface area contributed by atoms with E-state index in [2.05, 4.69) is 44.4 Å². The zero-order valence-corrected chi connectivity index (χ0v) is 25.8. The third-order valence-electron chi connectivity index (χ3n) is 8.51. The van der Waals surface area contributed by atoms with Crippen molar-refractivity contribution < 1.29 is 14.8 Å². The van der Waals surface area contributed by atoms with E-state index >= 15 is 0 Å². The Bertz CT molecular complexity index is 999. The maximum Gasteiger partial charge on any atom is 0.376 e. The zero-order valence-electron chi connectivity index (χ0n) is 25.8. The summed E-state index contributed by atoms with van der Waals surface area (Å²) in [5, 5.41) is 22.0. The summed E-state index contributed by atoms with van der Waals surface area (Å²) in [6, 6.07) is 8.59. The van der Waals surface area contributed by atoms with Gasteiger partial charge in [0.2, 0.25) is 0 Å². The van der Waals surface area contributed by atoms with Crippen LogP contribution in [0.5, 0.6) is 0 Å². The van der Waals surface area contributed by atoms with Crippen molar-refractivity contribution in [3.05, 3.63) is 59.2 Å². The Balaban J connectivity index is 0.000000175. The van der Waals surface area contributed by atoms with Gasteiger partial charge in [-0.25, -0.2) is 0 Å². The molecule has 0 saturated carbocycles. The SMILES string of the molecule is CB(O)N1CCC(=O)CC1.CB(O)N1CCC(Cc2ccc(C)nc2)CC1.Cc1ccc(CC2CCNCC2)cn1. The fourth-order valence-electron chi connectivity index (χ4n) is 5.67. The van der Waals surface area contributed by atoms with Crippen molar-refractivity contribution in [2.75, 3.05) is 39.3 Å². The van der Waals surface area contributed by atoms with E-state index in [1.165, 1.54) is 56.3 Å². The fourth-order valence-corrected chi connectivity index (χ4v) is 5.67. The predicted octanol–water partition coefficient (Wildman–Crippen LogP) is 3.45. The van der Waals surface area contributed by atoms with Gasteiger partial charge in [0.25, 0.3) is 0 Å². The van der Waals surface area contributed by atoms with E-state index in [0.717, 1.165) is 55.8 Å². The minimum atomic E-state index is -0.395. The van der Waals surface area contributed by atoms with Gasteiger partial charge in [-0.05, 0) is 140 Å². The molecule has 3 aliphatic heterocycles. The molecule has 2 aromatic heterocycles. The highest BCUT2D eigenvalue weighted by molar-refractivity contribution is 6.45. The summed E-state index contributed by atoms with van der Waals surface area (Å²) in [7, 11) is -0.690. The van der Waals surface area contributed by atoms with Crippen molar-refractivity contribution in [1.29, 1.82) is 0 Å². The van der Waals surface area contributed by atoms with E-state index in [4.69, 9.17) is 5.02 Å². The Labute approximate surface area is 248 Å². The van der Waals surface area contributed by atoms with Gasteiger partial charge in [0.15, 0.2) is 0 Å². The molecule has 41 heavy (non-hydrogen) atoms. The largest absolute Gasteiger partial charge is 0.437 e. The Morgan fingerprint density at radius 1 is 0.756 bits per heavy atom. The van der Waals surface area contributed by atoms with Crippen molar-refractivity contribution in [3.8, 4) is 0 Å². The van der Waals surface area contributed by atoms with Crippen LogP contribution in [0.3, 0.4) is 0 Å². The molecule has 0 amide bonds. The number of aryl methyl sites for hydroxylation is 2. The average molecular weight is 563 g/mol. The molecule has 0 aromatic carbocycles. The number of aromatic nitrogens is 2.